The molecule has 1 unspecified atom stereocenters. The van der Waals surface area contributed by atoms with Crippen molar-refractivity contribution in [1.29, 1.82) is 0 Å². The molecule has 222 valence electrons. The number of rotatable bonds is 11. The number of ether oxygens (including phenoxy) is 2. The number of hydrogen-bond donors (Lipinski definition) is 3. The monoisotopic (exact) mass is 581 g/mol. The minimum Gasteiger partial charge on any atom is -0.481 e. The predicted molar refractivity (Wildman–Crippen MR) is 148 cm³/mol. The minimum absolute atomic E-state index is 0.0156. The smallest absolute Gasteiger partial charge is 0.415 e. The Bertz CT molecular complexity index is 1620. The number of amides is 1. The van der Waals surface area contributed by atoms with Gasteiger partial charge in [-0.05, 0) is 50.1 Å². The maximum atomic E-state index is 13.3. The lowest BCUT2D eigenvalue weighted by Gasteiger charge is -2.32. The van der Waals surface area contributed by atoms with E-state index in [9.17, 15) is 29.1 Å². The molecule has 0 fully saturated rings. The fourth-order valence-electron chi connectivity index (χ4n) is 4.85. The molecule has 0 bridgehead atoms. The van der Waals surface area contributed by atoms with Gasteiger partial charge in [-0.25, -0.2) is 14.6 Å². The van der Waals surface area contributed by atoms with Crippen LogP contribution in [-0.4, -0.2) is 66.9 Å². The zero-order chi connectivity index (χ0) is 30.6. The van der Waals surface area contributed by atoms with Crippen LogP contribution in [0.3, 0.4) is 0 Å². The summed E-state index contributed by atoms with van der Waals surface area (Å²) in [4.78, 5) is 66.1. The van der Waals surface area contributed by atoms with Gasteiger partial charge in [0.2, 0.25) is 0 Å². The van der Waals surface area contributed by atoms with Gasteiger partial charge >= 0.3 is 24.0 Å². The first-order valence-electron chi connectivity index (χ1n) is 13.5. The highest BCUT2D eigenvalue weighted by Gasteiger charge is 2.44. The summed E-state index contributed by atoms with van der Waals surface area (Å²) in [5.41, 5.74) is -0.571. The van der Waals surface area contributed by atoms with Gasteiger partial charge in [0.15, 0.2) is 5.60 Å². The summed E-state index contributed by atoms with van der Waals surface area (Å²) in [6, 6.07) is 9.68. The van der Waals surface area contributed by atoms with Crippen molar-refractivity contribution in [3.8, 4) is 17.1 Å². The number of benzene rings is 1. The summed E-state index contributed by atoms with van der Waals surface area (Å²) in [5, 5.41) is 29.5. The molecule has 0 saturated heterocycles. The first-order chi connectivity index (χ1) is 20.0. The molecule has 0 saturated carbocycles. The highest BCUT2D eigenvalue weighted by molar-refractivity contribution is 5.85. The van der Waals surface area contributed by atoms with Crippen LogP contribution in [0.1, 0.15) is 50.7 Å². The van der Waals surface area contributed by atoms with E-state index in [1.54, 1.807) is 44.2 Å². The third-order valence-corrected chi connectivity index (χ3v) is 7.16. The molecule has 13 nitrogen and oxygen atoms in total. The van der Waals surface area contributed by atoms with E-state index >= 15 is 0 Å². The van der Waals surface area contributed by atoms with E-state index in [-0.39, 0.29) is 67.8 Å². The zero-order valence-corrected chi connectivity index (χ0v) is 23.2. The number of carboxylic acid groups (broad SMARTS) is 2. The van der Waals surface area contributed by atoms with Gasteiger partial charge in [-0.1, -0.05) is 13.0 Å². The van der Waals surface area contributed by atoms with E-state index in [1.165, 1.54) is 10.6 Å². The van der Waals surface area contributed by atoms with Crippen molar-refractivity contribution < 1.29 is 44.0 Å². The number of aromatic nitrogens is 2. The van der Waals surface area contributed by atoms with Crippen LogP contribution in [0.25, 0.3) is 22.3 Å². The van der Waals surface area contributed by atoms with Crippen LogP contribution >= 0.6 is 0 Å². The van der Waals surface area contributed by atoms with Crippen LogP contribution in [0.2, 0.25) is 0 Å². The van der Waals surface area contributed by atoms with Gasteiger partial charge < -0.3 is 34.3 Å². The summed E-state index contributed by atoms with van der Waals surface area (Å²) < 4.78 is 12.0. The van der Waals surface area contributed by atoms with Crippen molar-refractivity contribution in [1.82, 2.24) is 14.5 Å². The number of nitrogens with zero attached hydrogens (tertiary/aromatic N) is 3. The molecule has 3 aromatic rings. The van der Waals surface area contributed by atoms with Gasteiger partial charge in [0.05, 0.1) is 28.9 Å². The van der Waals surface area contributed by atoms with Crippen LogP contribution in [-0.2, 0) is 37.9 Å². The Balaban J connectivity index is 1.63. The molecule has 2 aromatic heterocycles. The summed E-state index contributed by atoms with van der Waals surface area (Å²) in [6.45, 7) is 3.37. The fraction of sp³-hybridized carbons (Fsp3) is 0.379. The molecule has 3 heterocycles. The van der Waals surface area contributed by atoms with Gasteiger partial charge in [-0.15, -0.1) is 0 Å². The average Bonchev–Trinajstić information content (AvgIpc) is 2.96. The van der Waals surface area contributed by atoms with Crippen molar-refractivity contribution in [2.45, 2.75) is 58.3 Å². The minimum atomic E-state index is -1.95. The summed E-state index contributed by atoms with van der Waals surface area (Å²) in [5.74, 6) is -2.77. The first-order valence-corrected chi connectivity index (χ1v) is 13.5. The van der Waals surface area contributed by atoms with Gasteiger partial charge in [0, 0.05) is 37.0 Å². The number of hydrogen-bond acceptors (Lipinski definition) is 9. The summed E-state index contributed by atoms with van der Waals surface area (Å²) in [7, 11) is 0. The van der Waals surface area contributed by atoms with E-state index in [0.29, 0.717) is 28.8 Å². The normalized spacial score (nSPS) is 16.0. The maximum Gasteiger partial charge on any atom is 0.415 e. The van der Waals surface area contributed by atoms with E-state index in [1.807, 2.05) is 0 Å². The third-order valence-electron chi connectivity index (χ3n) is 7.16. The molecule has 1 amide bonds. The van der Waals surface area contributed by atoms with Crippen LogP contribution in [0.5, 0.6) is 5.75 Å². The Morgan fingerprint density at radius 1 is 1.05 bits per heavy atom. The number of carbonyl (C=O) groups is 4. The van der Waals surface area contributed by atoms with Crippen molar-refractivity contribution >= 4 is 34.9 Å². The molecule has 1 aromatic carbocycles. The topological polar surface area (TPSA) is 186 Å². The molecule has 3 N–H and O–H groups in total. The van der Waals surface area contributed by atoms with Crippen molar-refractivity contribution in [3.63, 3.8) is 0 Å². The van der Waals surface area contributed by atoms with Crippen molar-refractivity contribution in [2.75, 3.05) is 13.1 Å². The fourth-order valence-corrected chi connectivity index (χ4v) is 4.85. The van der Waals surface area contributed by atoms with Crippen LogP contribution in [0.4, 0.5) is 4.79 Å². The van der Waals surface area contributed by atoms with E-state index in [4.69, 9.17) is 19.7 Å². The second kappa shape index (κ2) is 12.4. The number of esters is 1. The molecular weight excluding hydrogens is 550 g/mol. The van der Waals surface area contributed by atoms with E-state index < -0.39 is 29.6 Å². The lowest BCUT2D eigenvalue weighted by atomic mass is 9.86. The Morgan fingerprint density at radius 2 is 1.79 bits per heavy atom. The standard InChI is InChI=1S/C29H31N3O10/c1-3-29(40)20-15-23(32(4-2)26(37)19(20)16-41-27(29)38)22-9-7-17-14-18(8-10-21(17)30-22)42-28(39)31(13-11-25(35)36)12-5-6-24(33)34/h7-10,14-15,40H,3-6,11-13,16H2,1-2H3,(H,33,34)(H,35,36). The largest absolute Gasteiger partial charge is 0.481 e. The van der Waals surface area contributed by atoms with Crippen molar-refractivity contribution in [3.05, 3.63) is 57.9 Å². The van der Waals surface area contributed by atoms with Crippen LogP contribution in [0.15, 0.2) is 41.2 Å². The number of cyclic esters (lactones) is 1. The zero-order valence-electron chi connectivity index (χ0n) is 23.2. The van der Waals surface area contributed by atoms with Gasteiger partial charge in [-0.3, -0.25) is 14.4 Å². The number of carboxylic acids is 2. The van der Waals surface area contributed by atoms with E-state index in [0.717, 1.165) is 4.90 Å². The maximum absolute atomic E-state index is 13.3. The third kappa shape index (κ3) is 6.10. The summed E-state index contributed by atoms with van der Waals surface area (Å²) in [6.07, 6.45) is -1.16. The van der Waals surface area contributed by atoms with Gasteiger partial charge in [0.1, 0.15) is 12.4 Å². The lowest BCUT2D eigenvalue weighted by molar-refractivity contribution is -0.172. The second-order valence-electron chi connectivity index (χ2n) is 9.81. The van der Waals surface area contributed by atoms with Crippen LogP contribution < -0.4 is 10.3 Å². The van der Waals surface area contributed by atoms with Gasteiger partial charge in [0.25, 0.3) is 5.56 Å². The molecule has 0 spiro atoms. The van der Waals surface area contributed by atoms with Crippen LogP contribution in [0, 0.1) is 0 Å². The molecule has 42 heavy (non-hydrogen) atoms. The predicted octanol–water partition coefficient (Wildman–Crippen LogP) is 2.88. The molecular formula is C29H31N3O10. The molecule has 0 radical (unpaired) electrons. The first kappa shape index (κ1) is 30.2. The molecule has 13 heteroatoms. The average molecular weight is 582 g/mol. The van der Waals surface area contributed by atoms with Crippen molar-refractivity contribution in [2.24, 2.45) is 0 Å². The Labute approximate surface area is 239 Å². The highest BCUT2D eigenvalue weighted by atomic mass is 16.6. The number of carbonyl (C=O) groups excluding carboxylic acids is 2. The lowest BCUT2D eigenvalue weighted by Crippen LogP contribution is -2.44. The number of aliphatic hydroxyl groups is 1. The second-order valence-corrected chi connectivity index (χ2v) is 9.81. The molecule has 1 aliphatic rings. The number of pyridine rings is 2. The number of aliphatic carboxylic acids is 2. The Hall–Kier alpha value is -4.78. The SMILES string of the molecule is CCn1c(-c2ccc3cc(OC(=O)N(CCCC(=O)O)CCC(=O)O)ccc3n2)cc2c(c1=O)COC(=O)C2(O)CC. The molecule has 0 aliphatic carbocycles. The quantitative estimate of drug-likeness (QED) is 0.283. The molecule has 1 atom stereocenters. The Kier molecular flexibility index (Phi) is 8.90. The Morgan fingerprint density at radius 3 is 2.45 bits per heavy atom. The highest BCUT2D eigenvalue weighted by Crippen LogP contribution is 2.35. The molecule has 4 rings (SSSR count). The van der Waals surface area contributed by atoms with Gasteiger partial charge in [-0.2, -0.15) is 0 Å². The molecule has 1 aliphatic heterocycles. The number of fused-ring (bicyclic) bond motifs is 2. The van der Waals surface area contributed by atoms with E-state index in [2.05, 4.69) is 4.98 Å². The summed E-state index contributed by atoms with van der Waals surface area (Å²) >= 11 is 0.